The summed E-state index contributed by atoms with van der Waals surface area (Å²) in [5.74, 6) is -0.974. The van der Waals surface area contributed by atoms with Gasteiger partial charge in [0.05, 0.1) is 0 Å². The van der Waals surface area contributed by atoms with E-state index in [4.69, 9.17) is 0 Å². The summed E-state index contributed by atoms with van der Waals surface area (Å²) in [6, 6.07) is 3.74. The molecule has 0 amide bonds. The topological polar surface area (TPSA) is 12.0 Å². The Bertz CT molecular complexity index is 324. The van der Waals surface area contributed by atoms with E-state index in [0.717, 1.165) is 25.6 Å². The van der Waals surface area contributed by atoms with Gasteiger partial charge in [-0.3, -0.25) is 0 Å². The molecule has 0 aromatic heterocycles. The molecule has 2 rings (SSSR count). The zero-order valence-electron chi connectivity index (χ0n) is 7.59. The minimum atomic E-state index is -0.517. The Hall–Kier alpha value is -0.610. The van der Waals surface area contributed by atoms with Gasteiger partial charge in [0.25, 0.3) is 0 Å². The quantitative estimate of drug-likeness (QED) is 0.813. The first kappa shape index (κ1) is 9.93. The van der Waals surface area contributed by atoms with Gasteiger partial charge in [0, 0.05) is 22.8 Å². The Balaban J connectivity index is 2.08. The van der Waals surface area contributed by atoms with Crippen LogP contribution in [0.15, 0.2) is 23.1 Å². The lowest BCUT2D eigenvalue weighted by Gasteiger charge is -2.08. The van der Waals surface area contributed by atoms with Crippen molar-refractivity contribution < 1.29 is 8.78 Å². The Morgan fingerprint density at radius 1 is 1.36 bits per heavy atom. The molecule has 76 valence electrons. The maximum absolute atomic E-state index is 13.2. The normalized spacial score (nSPS) is 21.4. The fourth-order valence-electron chi connectivity index (χ4n) is 1.48. The summed E-state index contributed by atoms with van der Waals surface area (Å²) in [6.45, 7) is 1.89. The first-order valence-electron chi connectivity index (χ1n) is 4.58. The lowest BCUT2D eigenvalue weighted by Crippen LogP contribution is -2.10. The number of hydrogen-bond acceptors (Lipinski definition) is 2. The SMILES string of the molecule is Fc1ccc(SC2CCNC2)c(F)c1. The van der Waals surface area contributed by atoms with Crippen LogP contribution in [0.1, 0.15) is 6.42 Å². The van der Waals surface area contributed by atoms with Crippen LogP contribution in [0.4, 0.5) is 8.78 Å². The van der Waals surface area contributed by atoms with Gasteiger partial charge < -0.3 is 5.32 Å². The van der Waals surface area contributed by atoms with E-state index in [9.17, 15) is 8.78 Å². The average Bonchev–Trinajstić information content (AvgIpc) is 2.62. The molecular formula is C10H11F2NS. The maximum Gasteiger partial charge on any atom is 0.139 e. The van der Waals surface area contributed by atoms with Crippen molar-refractivity contribution in [1.29, 1.82) is 0 Å². The predicted octanol–water partition coefficient (Wildman–Crippen LogP) is 2.42. The second kappa shape index (κ2) is 4.28. The smallest absolute Gasteiger partial charge is 0.139 e. The summed E-state index contributed by atoms with van der Waals surface area (Å²) in [5.41, 5.74) is 0. The molecule has 0 aliphatic carbocycles. The van der Waals surface area contributed by atoms with E-state index in [1.165, 1.54) is 23.9 Å². The van der Waals surface area contributed by atoms with E-state index >= 15 is 0 Å². The highest BCUT2D eigenvalue weighted by Gasteiger charge is 2.17. The van der Waals surface area contributed by atoms with Crippen LogP contribution >= 0.6 is 11.8 Å². The highest BCUT2D eigenvalue weighted by Crippen LogP contribution is 2.29. The number of halogens is 2. The van der Waals surface area contributed by atoms with Gasteiger partial charge in [-0.2, -0.15) is 0 Å². The zero-order valence-corrected chi connectivity index (χ0v) is 8.41. The van der Waals surface area contributed by atoms with Crippen LogP contribution in [0.25, 0.3) is 0 Å². The molecule has 1 unspecified atom stereocenters. The van der Waals surface area contributed by atoms with E-state index in [-0.39, 0.29) is 0 Å². The van der Waals surface area contributed by atoms with Gasteiger partial charge in [0.15, 0.2) is 0 Å². The maximum atomic E-state index is 13.2. The van der Waals surface area contributed by atoms with Gasteiger partial charge in [0.1, 0.15) is 11.6 Å². The van der Waals surface area contributed by atoms with Crippen molar-refractivity contribution >= 4 is 11.8 Å². The first-order valence-corrected chi connectivity index (χ1v) is 5.46. The van der Waals surface area contributed by atoms with Crippen LogP contribution in [-0.4, -0.2) is 18.3 Å². The number of benzene rings is 1. The monoisotopic (exact) mass is 215 g/mol. The summed E-state index contributed by atoms with van der Waals surface area (Å²) in [6.07, 6.45) is 1.04. The van der Waals surface area contributed by atoms with E-state index in [0.29, 0.717) is 10.1 Å². The van der Waals surface area contributed by atoms with Gasteiger partial charge in [-0.25, -0.2) is 8.78 Å². The Kier molecular flexibility index (Phi) is 3.03. The summed E-state index contributed by atoms with van der Waals surface area (Å²) in [5, 5.41) is 3.62. The van der Waals surface area contributed by atoms with Gasteiger partial charge in [-0.1, -0.05) is 0 Å². The van der Waals surface area contributed by atoms with E-state index in [2.05, 4.69) is 5.32 Å². The highest BCUT2D eigenvalue weighted by atomic mass is 32.2. The van der Waals surface area contributed by atoms with Gasteiger partial charge in [-0.05, 0) is 25.1 Å². The number of nitrogens with one attached hydrogen (secondary N) is 1. The lowest BCUT2D eigenvalue weighted by atomic mass is 10.3. The second-order valence-electron chi connectivity index (χ2n) is 3.31. The van der Waals surface area contributed by atoms with E-state index < -0.39 is 11.6 Å². The first-order chi connectivity index (χ1) is 6.75. The van der Waals surface area contributed by atoms with Gasteiger partial charge in [-0.15, -0.1) is 11.8 Å². The van der Waals surface area contributed by atoms with E-state index in [1.54, 1.807) is 0 Å². The molecule has 1 N–H and O–H groups in total. The molecule has 0 saturated carbocycles. The fourth-order valence-corrected chi connectivity index (χ4v) is 2.59. The fraction of sp³-hybridized carbons (Fsp3) is 0.400. The summed E-state index contributed by atoms with van der Waals surface area (Å²) in [7, 11) is 0. The van der Waals surface area contributed by atoms with Crippen LogP contribution in [0.5, 0.6) is 0 Å². The predicted molar refractivity (Wildman–Crippen MR) is 53.5 cm³/mol. The standard InChI is InChI=1S/C10H11F2NS/c11-7-1-2-10(9(12)5-7)14-8-3-4-13-6-8/h1-2,5,8,13H,3-4,6H2. The molecule has 1 aliphatic rings. The van der Waals surface area contributed by atoms with Crippen LogP contribution in [0, 0.1) is 11.6 Å². The third-order valence-corrected chi connectivity index (χ3v) is 3.52. The van der Waals surface area contributed by atoms with Crippen LogP contribution in [0.3, 0.4) is 0 Å². The van der Waals surface area contributed by atoms with Crippen LogP contribution in [0.2, 0.25) is 0 Å². The van der Waals surface area contributed by atoms with Crippen molar-refractivity contribution in [3.63, 3.8) is 0 Å². The van der Waals surface area contributed by atoms with Crippen molar-refractivity contribution in [3.05, 3.63) is 29.8 Å². The molecule has 0 spiro atoms. The molecule has 1 nitrogen and oxygen atoms in total. The molecule has 1 heterocycles. The largest absolute Gasteiger partial charge is 0.316 e. The third kappa shape index (κ3) is 2.25. The molecule has 14 heavy (non-hydrogen) atoms. The van der Waals surface area contributed by atoms with Crippen molar-refractivity contribution in [2.24, 2.45) is 0 Å². The Labute approximate surface area is 85.9 Å². The molecule has 0 radical (unpaired) electrons. The van der Waals surface area contributed by atoms with Gasteiger partial charge in [0.2, 0.25) is 0 Å². The highest BCUT2D eigenvalue weighted by molar-refractivity contribution is 8.00. The van der Waals surface area contributed by atoms with Crippen molar-refractivity contribution in [1.82, 2.24) is 5.32 Å². The Morgan fingerprint density at radius 2 is 2.21 bits per heavy atom. The van der Waals surface area contributed by atoms with Crippen molar-refractivity contribution in [3.8, 4) is 0 Å². The summed E-state index contributed by atoms with van der Waals surface area (Å²) >= 11 is 1.48. The minimum Gasteiger partial charge on any atom is -0.316 e. The Morgan fingerprint density at radius 3 is 2.86 bits per heavy atom. The second-order valence-corrected chi connectivity index (χ2v) is 4.65. The van der Waals surface area contributed by atoms with Crippen molar-refractivity contribution in [2.75, 3.05) is 13.1 Å². The molecule has 1 aromatic carbocycles. The number of hydrogen-bond donors (Lipinski definition) is 1. The molecule has 1 aromatic rings. The summed E-state index contributed by atoms with van der Waals surface area (Å²) in [4.78, 5) is 0.542. The minimum absolute atomic E-state index is 0.412. The number of thioether (sulfide) groups is 1. The van der Waals surface area contributed by atoms with Gasteiger partial charge >= 0.3 is 0 Å². The third-order valence-electron chi connectivity index (χ3n) is 2.20. The molecule has 4 heteroatoms. The lowest BCUT2D eigenvalue weighted by molar-refractivity contribution is 0.565. The van der Waals surface area contributed by atoms with Crippen LogP contribution in [-0.2, 0) is 0 Å². The molecule has 0 bridgehead atoms. The average molecular weight is 215 g/mol. The number of rotatable bonds is 2. The molecule has 1 saturated heterocycles. The zero-order chi connectivity index (χ0) is 9.97. The molecule has 1 aliphatic heterocycles. The van der Waals surface area contributed by atoms with Crippen LogP contribution < -0.4 is 5.32 Å². The van der Waals surface area contributed by atoms with Crippen molar-refractivity contribution in [2.45, 2.75) is 16.6 Å². The summed E-state index contributed by atoms with van der Waals surface area (Å²) < 4.78 is 25.8. The molecule has 1 atom stereocenters. The van der Waals surface area contributed by atoms with E-state index in [1.807, 2.05) is 0 Å². The molecular weight excluding hydrogens is 204 g/mol. The molecule has 1 fully saturated rings.